The summed E-state index contributed by atoms with van der Waals surface area (Å²) in [7, 11) is -2.64. The van der Waals surface area contributed by atoms with Gasteiger partial charge in [-0.25, -0.2) is 8.42 Å². The lowest BCUT2D eigenvalue weighted by atomic mass is 9.89. The Labute approximate surface area is 84.7 Å². The molecule has 0 bridgehead atoms. The maximum Gasteiger partial charge on any atom is 0.224 e. The number of carbonyl (C=O) groups excluding carboxylic acids is 1. The van der Waals surface area contributed by atoms with Crippen LogP contribution in [0.5, 0.6) is 0 Å². The van der Waals surface area contributed by atoms with Crippen LogP contribution in [-0.2, 0) is 15.5 Å². The van der Waals surface area contributed by atoms with E-state index < -0.39 is 22.0 Å². The monoisotopic (exact) mass is 231 g/mol. The molecule has 0 aromatic rings. The Kier molecular flexibility index (Phi) is 7.20. The van der Waals surface area contributed by atoms with E-state index in [9.17, 15) is 13.2 Å². The van der Waals surface area contributed by atoms with Crippen LogP contribution in [0.4, 0.5) is 0 Å². The molecule has 0 saturated carbocycles. The van der Waals surface area contributed by atoms with Crippen LogP contribution in [0.1, 0.15) is 13.3 Å². The van der Waals surface area contributed by atoms with Gasteiger partial charge in [0.05, 0.1) is 11.2 Å². The van der Waals surface area contributed by atoms with E-state index >= 15 is 0 Å². The number of rotatable bonds is 5. The van der Waals surface area contributed by atoms with Gasteiger partial charge in [-0.15, -0.1) is 12.4 Å². The van der Waals surface area contributed by atoms with Crippen molar-refractivity contribution >= 4 is 29.0 Å². The molecule has 1 unspecified atom stereocenters. The van der Waals surface area contributed by atoms with Gasteiger partial charge < -0.3 is 10.8 Å². The van der Waals surface area contributed by atoms with E-state index in [-0.39, 0.29) is 31.2 Å². The Morgan fingerprint density at radius 1 is 1.54 bits per heavy atom. The maximum absolute atomic E-state index is 10.8. The fraction of sp³-hybridized carbons (Fsp3) is 0.833. The van der Waals surface area contributed by atoms with Gasteiger partial charge in [0, 0.05) is 6.61 Å². The molecule has 1 amide bonds. The van der Waals surface area contributed by atoms with Crippen LogP contribution < -0.4 is 5.73 Å². The number of amides is 1. The molecular weight excluding hydrogens is 218 g/mol. The lowest BCUT2D eigenvalue weighted by molar-refractivity contribution is -0.126. The van der Waals surface area contributed by atoms with Crippen LogP contribution in [0.3, 0.4) is 0 Å². The zero-order chi connectivity index (χ0) is 9.78. The summed E-state index contributed by atoms with van der Waals surface area (Å²) in [6.07, 6.45) is 0.0750. The minimum Gasteiger partial charge on any atom is -0.396 e. The fourth-order valence-corrected chi connectivity index (χ4v) is 1.70. The van der Waals surface area contributed by atoms with Gasteiger partial charge >= 0.3 is 0 Å². The quantitative estimate of drug-likeness (QED) is 0.523. The van der Waals surface area contributed by atoms with Gasteiger partial charge in [0.15, 0.2) is 0 Å². The number of nitrogens with two attached hydrogens (primary N) is 1. The van der Waals surface area contributed by atoms with E-state index in [2.05, 4.69) is 0 Å². The summed E-state index contributed by atoms with van der Waals surface area (Å²) in [5, 5.41) is 8.56. The molecule has 80 valence electrons. The molecule has 0 rings (SSSR count). The van der Waals surface area contributed by atoms with Crippen molar-refractivity contribution in [3.05, 3.63) is 0 Å². The first-order valence-corrected chi connectivity index (χ1v) is 4.81. The molecule has 13 heavy (non-hydrogen) atoms. The molecule has 5 nitrogen and oxygen atoms in total. The lowest BCUT2D eigenvalue weighted by Gasteiger charge is -2.21. The Hall–Kier alpha value is -0.330. The second kappa shape index (κ2) is 6.17. The van der Waals surface area contributed by atoms with Gasteiger partial charge in [-0.1, -0.05) is 0 Å². The average Bonchev–Trinajstić information content (AvgIpc) is 1.85. The number of aliphatic hydroxyl groups is 1. The minimum absolute atomic E-state index is 0. The molecule has 0 aliphatic rings. The van der Waals surface area contributed by atoms with E-state index in [4.69, 9.17) is 10.8 Å². The smallest absolute Gasteiger partial charge is 0.224 e. The summed E-state index contributed by atoms with van der Waals surface area (Å²) in [4.78, 5) is 10.8. The molecule has 0 fully saturated rings. The summed E-state index contributed by atoms with van der Waals surface area (Å²) in [6, 6.07) is 0. The van der Waals surface area contributed by atoms with Gasteiger partial charge in [0.25, 0.3) is 0 Å². The minimum atomic E-state index is -2.64. The van der Waals surface area contributed by atoms with Gasteiger partial charge in [0.2, 0.25) is 5.91 Å². The van der Waals surface area contributed by atoms with Crippen molar-refractivity contribution < 1.29 is 18.3 Å². The molecule has 3 N–H and O–H groups in total. The molecule has 0 aromatic heterocycles. The first kappa shape index (κ1) is 15.2. The predicted octanol–water partition coefficient (Wildman–Crippen LogP) is -1.11. The largest absolute Gasteiger partial charge is 0.396 e. The van der Waals surface area contributed by atoms with Crippen LogP contribution in [0.15, 0.2) is 0 Å². The third-order valence-electron chi connectivity index (χ3n) is 1.74. The van der Waals surface area contributed by atoms with Crippen molar-refractivity contribution in [1.82, 2.24) is 0 Å². The highest BCUT2D eigenvalue weighted by atomic mass is 35.5. The number of halogens is 1. The number of hydrogen-bond donors (Lipinski definition) is 3. The second-order valence-corrected chi connectivity index (χ2v) is 3.87. The molecular formula is C6H14ClNO4S. The van der Waals surface area contributed by atoms with Gasteiger partial charge in [0.1, 0.15) is 10.7 Å². The number of aliphatic hydroxyl groups excluding tert-OH is 1. The van der Waals surface area contributed by atoms with Crippen LogP contribution in [0, 0.1) is 5.41 Å². The standard InChI is InChI=1S/C6H13NO4S.ClH/c1-6(2-3-8,5(7)9)4-12(10)11;/h8,12H,2-4H2,1H3,(H2,7,9);1H. The highest BCUT2D eigenvalue weighted by molar-refractivity contribution is 7.72. The van der Waals surface area contributed by atoms with Crippen molar-refractivity contribution in [2.45, 2.75) is 13.3 Å². The lowest BCUT2D eigenvalue weighted by Crippen LogP contribution is -2.38. The SMILES string of the molecule is CC(CCO)(C[SH](=O)=O)C(N)=O.Cl. The third kappa shape index (κ3) is 5.07. The van der Waals surface area contributed by atoms with Crippen molar-refractivity contribution in [3.8, 4) is 0 Å². The summed E-state index contributed by atoms with van der Waals surface area (Å²) in [6.45, 7) is 1.18. The summed E-state index contributed by atoms with van der Waals surface area (Å²) < 4.78 is 20.7. The molecule has 0 aliphatic heterocycles. The van der Waals surface area contributed by atoms with Crippen LogP contribution in [-0.4, -0.2) is 31.8 Å². The molecule has 0 saturated heterocycles. The van der Waals surface area contributed by atoms with Gasteiger partial charge in [-0.3, -0.25) is 4.79 Å². The highest BCUT2D eigenvalue weighted by Crippen LogP contribution is 2.20. The Morgan fingerprint density at radius 2 is 2.00 bits per heavy atom. The van der Waals surface area contributed by atoms with E-state index in [1.54, 1.807) is 0 Å². The molecule has 1 atom stereocenters. The van der Waals surface area contributed by atoms with Gasteiger partial charge in [-0.05, 0) is 13.3 Å². The zero-order valence-corrected chi connectivity index (χ0v) is 8.94. The zero-order valence-electron chi connectivity index (χ0n) is 7.23. The predicted molar refractivity (Wildman–Crippen MR) is 51.4 cm³/mol. The second-order valence-electron chi connectivity index (χ2n) is 2.89. The molecule has 7 heteroatoms. The average molecular weight is 232 g/mol. The maximum atomic E-state index is 10.8. The van der Waals surface area contributed by atoms with Gasteiger partial charge in [-0.2, -0.15) is 0 Å². The summed E-state index contributed by atoms with van der Waals surface area (Å²) in [5.41, 5.74) is 3.85. The van der Waals surface area contributed by atoms with Crippen LogP contribution in [0.25, 0.3) is 0 Å². The highest BCUT2D eigenvalue weighted by Gasteiger charge is 2.31. The first-order chi connectivity index (χ1) is 5.42. The topological polar surface area (TPSA) is 97.5 Å². The fourth-order valence-electron chi connectivity index (χ4n) is 0.812. The number of thiol groups is 1. The van der Waals surface area contributed by atoms with Crippen LogP contribution >= 0.6 is 12.4 Å². The van der Waals surface area contributed by atoms with Crippen molar-refractivity contribution in [2.24, 2.45) is 11.1 Å². The molecule has 0 radical (unpaired) electrons. The summed E-state index contributed by atoms with van der Waals surface area (Å²) >= 11 is 0. The third-order valence-corrected chi connectivity index (χ3v) is 2.69. The van der Waals surface area contributed by atoms with E-state index in [1.807, 2.05) is 0 Å². The Bertz CT molecular complexity index is 235. The Balaban J connectivity index is 0. The van der Waals surface area contributed by atoms with E-state index in [0.29, 0.717) is 0 Å². The van der Waals surface area contributed by atoms with Crippen LogP contribution in [0.2, 0.25) is 0 Å². The normalized spacial score (nSPS) is 14.7. The number of primary amides is 1. The number of hydrogen-bond acceptors (Lipinski definition) is 4. The molecule has 0 spiro atoms. The van der Waals surface area contributed by atoms with E-state index in [0.717, 1.165) is 0 Å². The Morgan fingerprint density at radius 3 is 2.23 bits per heavy atom. The van der Waals surface area contributed by atoms with Crippen molar-refractivity contribution in [1.29, 1.82) is 0 Å². The van der Waals surface area contributed by atoms with Crippen molar-refractivity contribution in [3.63, 3.8) is 0 Å². The molecule has 0 aromatic carbocycles. The number of carbonyl (C=O) groups is 1. The first-order valence-electron chi connectivity index (χ1n) is 3.45. The molecule has 0 heterocycles. The van der Waals surface area contributed by atoms with E-state index in [1.165, 1.54) is 6.92 Å². The van der Waals surface area contributed by atoms with Crippen molar-refractivity contribution in [2.75, 3.05) is 12.4 Å². The summed E-state index contributed by atoms with van der Waals surface area (Å²) in [5.74, 6) is -1.01. The molecule has 0 aliphatic carbocycles.